The molecule has 0 unspecified atom stereocenters. The lowest BCUT2D eigenvalue weighted by molar-refractivity contribution is 0.0826. The molecule has 2 aromatic carbocycles. The van der Waals surface area contributed by atoms with Gasteiger partial charge in [-0.05, 0) is 50.6 Å². The number of nitrogens with one attached hydrogen (secondary N) is 1. The molecule has 3 aromatic rings. The van der Waals surface area contributed by atoms with E-state index in [9.17, 15) is 9.90 Å². The summed E-state index contributed by atoms with van der Waals surface area (Å²) in [6.07, 6.45) is 5.43. The van der Waals surface area contributed by atoms with E-state index in [1.807, 2.05) is 12.1 Å². The van der Waals surface area contributed by atoms with Crippen LogP contribution in [-0.2, 0) is 0 Å². The van der Waals surface area contributed by atoms with Gasteiger partial charge < -0.3 is 29.2 Å². The van der Waals surface area contributed by atoms with Gasteiger partial charge in [0.05, 0.1) is 30.0 Å². The average Bonchev–Trinajstić information content (AvgIpc) is 3.25. The summed E-state index contributed by atoms with van der Waals surface area (Å²) < 4.78 is 17.7. The Hall–Kier alpha value is -4.13. The number of aromatic hydroxyl groups is 1. The van der Waals surface area contributed by atoms with Crippen LogP contribution in [0.5, 0.6) is 17.2 Å². The predicted octanol–water partition coefficient (Wildman–Crippen LogP) is 5.86. The highest BCUT2D eigenvalue weighted by Gasteiger charge is 2.34. The van der Waals surface area contributed by atoms with Crippen molar-refractivity contribution in [3.8, 4) is 28.4 Å². The van der Waals surface area contributed by atoms with E-state index in [4.69, 9.17) is 13.9 Å². The van der Waals surface area contributed by atoms with Crippen molar-refractivity contribution in [1.82, 2.24) is 4.90 Å². The molecule has 1 aromatic heterocycles. The van der Waals surface area contributed by atoms with Crippen LogP contribution in [-0.4, -0.2) is 42.7 Å². The number of phenolic OH excluding ortho intramolecular Hbond substituents is 1. The van der Waals surface area contributed by atoms with Gasteiger partial charge in [0.1, 0.15) is 17.3 Å². The molecular formula is C28H28N2O5. The summed E-state index contributed by atoms with van der Waals surface area (Å²) in [5.41, 5.74) is 5.61. The number of nitrogens with zero attached hydrogens (tertiary/aromatic N) is 1. The Balaban J connectivity index is 1.81. The lowest BCUT2D eigenvalue weighted by atomic mass is 9.83. The number of rotatable bonds is 3. The highest BCUT2D eigenvalue weighted by atomic mass is 16.5. The zero-order chi connectivity index (χ0) is 25.1. The first kappa shape index (κ1) is 22.7. The summed E-state index contributed by atoms with van der Waals surface area (Å²) in [6, 6.07) is 8.95. The number of allylic oxidation sites excluding steroid dienone is 1. The van der Waals surface area contributed by atoms with Gasteiger partial charge in [-0.3, -0.25) is 4.79 Å². The average molecular weight is 473 g/mol. The van der Waals surface area contributed by atoms with Gasteiger partial charge in [-0.2, -0.15) is 0 Å². The first-order valence-corrected chi connectivity index (χ1v) is 11.4. The van der Waals surface area contributed by atoms with Gasteiger partial charge in [0, 0.05) is 42.5 Å². The Bertz CT molecular complexity index is 1430. The van der Waals surface area contributed by atoms with E-state index in [0.29, 0.717) is 34.1 Å². The Morgan fingerprint density at radius 2 is 1.89 bits per heavy atom. The SMILES string of the molecule is COc1c(O)ccc2c1-c1ccc3c(c1/C(=C/c1occc1C(=O)N(C)C)O2)C(C)=CC(C)(C)N3. The number of furan rings is 1. The fourth-order valence-corrected chi connectivity index (χ4v) is 4.92. The molecular weight excluding hydrogens is 444 g/mol. The molecule has 0 aliphatic carbocycles. The Morgan fingerprint density at radius 1 is 1.11 bits per heavy atom. The number of hydrogen-bond donors (Lipinski definition) is 2. The number of methoxy groups -OCH3 is 1. The lowest BCUT2D eigenvalue weighted by Crippen LogP contribution is -2.32. The van der Waals surface area contributed by atoms with E-state index in [0.717, 1.165) is 28.0 Å². The largest absolute Gasteiger partial charge is 0.504 e. The van der Waals surface area contributed by atoms with Crippen molar-refractivity contribution in [2.75, 3.05) is 26.5 Å². The van der Waals surface area contributed by atoms with E-state index in [2.05, 4.69) is 32.2 Å². The molecule has 2 aliphatic rings. The highest BCUT2D eigenvalue weighted by molar-refractivity contribution is 6.04. The van der Waals surface area contributed by atoms with E-state index in [1.165, 1.54) is 18.3 Å². The van der Waals surface area contributed by atoms with Crippen molar-refractivity contribution >= 4 is 29.0 Å². The highest BCUT2D eigenvalue weighted by Crippen LogP contribution is 2.54. The van der Waals surface area contributed by atoms with Crippen molar-refractivity contribution < 1.29 is 23.8 Å². The van der Waals surface area contributed by atoms with Crippen LogP contribution >= 0.6 is 0 Å². The number of fused-ring (bicyclic) bond motifs is 5. The topological polar surface area (TPSA) is 84.2 Å². The quantitative estimate of drug-likeness (QED) is 0.497. The van der Waals surface area contributed by atoms with Crippen molar-refractivity contribution in [2.24, 2.45) is 0 Å². The van der Waals surface area contributed by atoms with E-state index in [-0.39, 0.29) is 17.2 Å². The van der Waals surface area contributed by atoms with Crippen molar-refractivity contribution in [1.29, 1.82) is 0 Å². The van der Waals surface area contributed by atoms with Gasteiger partial charge in [0.25, 0.3) is 5.91 Å². The molecule has 1 amide bonds. The van der Waals surface area contributed by atoms with Crippen molar-refractivity contribution in [3.63, 3.8) is 0 Å². The molecule has 0 radical (unpaired) electrons. The van der Waals surface area contributed by atoms with Crippen LogP contribution in [0.15, 0.2) is 47.1 Å². The maximum atomic E-state index is 12.7. The molecule has 0 fully saturated rings. The fraction of sp³-hybridized carbons (Fsp3) is 0.250. The molecule has 180 valence electrons. The molecule has 2 aliphatic heterocycles. The van der Waals surface area contributed by atoms with Gasteiger partial charge in [-0.1, -0.05) is 12.1 Å². The second-order valence-electron chi connectivity index (χ2n) is 9.58. The van der Waals surface area contributed by atoms with Gasteiger partial charge in [0.15, 0.2) is 11.5 Å². The molecule has 0 spiro atoms. The van der Waals surface area contributed by atoms with E-state index in [1.54, 1.807) is 38.4 Å². The minimum Gasteiger partial charge on any atom is -0.504 e. The minimum absolute atomic E-state index is 0.0300. The molecule has 0 saturated heterocycles. The van der Waals surface area contributed by atoms with Crippen LogP contribution in [0.4, 0.5) is 5.69 Å². The number of carbonyl (C=O) groups is 1. The van der Waals surface area contributed by atoms with Crippen LogP contribution in [0, 0.1) is 0 Å². The Morgan fingerprint density at radius 3 is 2.60 bits per heavy atom. The number of carbonyl (C=O) groups excluding carboxylic acids is 1. The first-order chi connectivity index (χ1) is 16.6. The van der Waals surface area contributed by atoms with Gasteiger partial charge >= 0.3 is 0 Å². The number of ether oxygens (including phenoxy) is 2. The maximum Gasteiger partial charge on any atom is 0.257 e. The van der Waals surface area contributed by atoms with Crippen LogP contribution in [0.3, 0.4) is 0 Å². The van der Waals surface area contributed by atoms with Gasteiger partial charge in [-0.25, -0.2) is 0 Å². The third-order valence-corrected chi connectivity index (χ3v) is 6.27. The summed E-state index contributed by atoms with van der Waals surface area (Å²) in [4.78, 5) is 14.2. The smallest absolute Gasteiger partial charge is 0.257 e. The summed E-state index contributed by atoms with van der Waals surface area (Å²) in [7, 11) is 4.92. The van der Waals surface area contributed by atoms with Crippen molar-refractivity contribution in [2.45, 2.75) is 26.3 Å². The maximum absolute atomic E-state index is 12.7. The fourth-order valence-electron chi connectivity index (χ4n) is 4.92. The third-order valence-electron chi connectivity index (χ3n) is 6.27. The molecule has 7 nitrogen and oxygen atoms in total. The van der Waals surface area contributed by atoms with Gasteiger partial charge in [-0.15, -0.1) is 0 Å². The molecule has 0 atom stereocenters. The van der Waals surface area contributed by atoms with E-state index < -0.39 is 0 Å². The summed E-state index contributed by atoms with van der Waals surface area (Å²) in [6.45, 7) is 6.30. The summed E-state index contributed by atoms with van der Waals surface area (Å²) in [5, 5.41) is 14.1. The molecule has 3 heterocycles. The standard InChI is InChI=1S/C28H28N2O5/c1-15-14-28(2,3)29-18-8-7-17-24(23(15)18)22(13-21-16(11-12-34-21)27(32)30(4)5)35-20-10-9-19(31)26(33-6)25(17)20/h7-14,29,31H,1-6H3/b22-13-. The van der Waals surface area contributed by atoms with Crippen LogP contribution in [0.1, 0.15) is 48.0 Å². The van der Waals surface area contributed by atoms with Crippen LogP contribution in [0.2, 0.25) is 0 Å². The van der Waals surface area contributed by atoms with Gasteiger partial charge in [0.2, 0.25) is 0 Å². The molecule has 0 bridgehead atoms. The second-order valence-corrected chi connectivity index (χ2v) is 9.58. The molecule has 5 rings (SSSR count). The predicted molar refractivity (Wildman–Crippen MR) is 137 cm³/mol. The molecule has 35 heavy (non-hydrogen) atoms. The Kier molecular flexibility index (Phi) is 5.16. The number of amides is 1. The number of phenols is 1. The Labute approximate surface area is 204 Å². The lowest BCUT2D eigenvalue weighted by Gasteiger charge is -2.35. The normalized spacial score (nSPS) is 16.3. The van der Waals surface area contributed by atoms with E-state index >= 15 is 0 Å². The number of hydrogen-bond acceptors (Lipinski definition) is 6. The number of benzene rings is 2. The summed E-state index contributed by atoms with van der Waals surface area (Å²) in [5.74, 6) is 1.69. The van der Waals surface area contributed by atoms with Crippen molar-refractivity contribution in [3.05, 3.63) is 65.1 Å². The molecule has 7 heteroatoms. The molecule has 2 N–H and O–H groups in total. The van der Waals surface area contributed by atoms with Crippen LogP contribution < -0.4 is 14.8 Å². The monoisotopic (exact) mass is 472 g/mol. The van der Waals surface area contributed by atoms with Crippen LogP contribution in [0.25, 0.3) is 28.5 Å². The zero-order valence-corrected chi connectivity index (χ0v) is 20.6. The zero-order valence-electron chi connectivity index (χ0n) is 20.6. The minimum atomic E-state index is -0.217. The third kappa shape index (κ3) is 3.64. The summed E-state index contributed by atoms with van der Waals surface area (Å²) >= 11 is 0. The molecule has 0 saturated carbocycles. The first-order valence-electron chi connectivity index (χ1n) is 11.4. The number of anilines is 1. The second kappa shape index (κ2) is 7.98.